The van der Waals surface area contributed by atoms with Gasteiger partial charge in [0.15, 0.2) is 0 Å². The molecule has 4 nitrogen and oxygen atoms in total. The van der Waals surface area contributed by atoms with E-state index in [-0.39, 0.29) is 5.90 Å². The molecule has 0 heterocycles. The molecule has 0 amide bonds. The zero-order chi connectivity index (χ0) is 29.6. The van der Waals surface area contributed by atoms with Crippen molar-refractivity contribution in [2.24, 2.45) is 16.2 Å². The van der Waals surface area contributed by atoms with Gasteiger partial charge in [0.2, 0.25) is 5.90 Å². The highest BCUT2D eigenvalue weighted by Crippen LogP contribution is 2.20. The molecule has 1 N–H and O–H groups in total. The Morgan fingerprint density at radius 3 is 1.89 bits per heavy atom. The quantitative estimate of drug-likeness (QED) is 0.0641. The molecule has 0 aliphatic heterocycles. The van der Waals surface area contributed by atoms with Crippen molar-refractivity contribution in [3.05, 3.63) is 11.6 Å². The number of ether oxygens (including phenoxy) is 1. The molecule has 0 saturated heterocycles. The van der Waals surface area contributed by atoms with Crippen molar-refractivity contribution >= 4 is 30.2 Å². The maximum absolute atomic E-state index is 11.8. The predicted octanol–water partition coefficient (Wildman–Crippen LogP) is 11.4. The number of Topliss-reactive ketones (excluding diaryl/α,β-unsaturated/α-hetero) is 1. The number of ketones is 1. The smallest absolute Gasteiger partial charge is 0.233 e. The second-order valence-corrected chi connectivity index (χ2v) is 10.4. The summed E-state index contributed by atoms with van der Waals surface area (Å²) in [5.74, 6) is 1.88. The number of carbonyl (C=O) groups is 1. The Morgan fingerprint density at radius 2 is 1.39 bits per heavy atom. The Labute approximate surface area is 244 Å². The van der Waals surface area contributed by atoms with E-state index in [1.807, 2.05) is 13.8 Å². The molecule has 0 aliphatic carbocycles. The van der Waals surface area contributed by atoms with Crippen LogP contribution in [0.2, 0.25) is 0 Å². The SMILES string of the molecule is CC.CCC/C=C(CC)/C(=N/S)C(=N)OCCCCCC.CCCCCCCCC(=O)CC(C)C(C)CC. The summed E-state index contributed by atoms with van der Waals surface area (Å²) in [5, 5.41) is 7.95. The van der Waals surface area contributed by atoms with E-state index in [1.54, 1.807) is 0 Å². The minimum absolute atomic E-state index is 0.149. The summed E-state index contributed by atoms with van der Waals surface area (Å²) < 4.78 is 9.39. The van der Waals surface area contributed by atoms with Gasteiger partial charge < -0.3 is 4.74 Å². The molecule has 2 unspecified atom stereocenters. The lowest BCUT2D eigenvalue weighted by molar-refractivity contribution is -0.120. The van der Waals surface area contributed by atoms with E-state index in [0.29, 0.717) is 29.9 Å². The van der Waals surface area contributed by atoms with Crippen molar-refractivity contribution in [3.8, 4) is 0 Å². The van der Waals surface area contributed by atoms with Gasteiger partial charge in [-0.3, -0.25) is 10.2 Å². The third-order valence-electron chi connectivity index (χ3n) is 6.90. The Balaban J connectivity index is -0.000000608. The first-order valence-corrected chi connectivity index (χ1v) is 16.4. The largest absolute Gasteiger partial charge is 0.477 e. The highest BCUT2D eigenvalue weighted by molar-refractivity contribution is 7.79. The average Bonchev–Trinajstić information content (AvgIpc) is 2.93. The summed E-state index contributed by atoms with van der Waals surface area (Å²) in [4.78, 5) is 11.8. The highest BCUT2D eigenvalue weighted by Gasteiger charge is 2.14. The zero-order valence-corrected chi connectivity index (χ0v) is 27.9. The topological polar surface area (TPSA) is 62.5 Å². The molecule has 38 heavy (non-hydrogen) atoms. The number of unbranched alkanes of at least 4 members (excludes halogenated alkanes) is 9. The molecule has 0 fully saturated rings. The Hall–Kier alpha value is -1.10. The normalized spacial score (nSPS) is 13.0. The van der Waals surface area contributed by atoms with Crippen molar-refractivity contribution in [2.45, 2.75) is 165 Å². The van der Waals surface area contributed by atoms with E-state index in [4.69, 9.17) is 10.1 Å². The number of rotatable bonds is 21. The van der Waals surface area contributed by atoms with Crippen LogP contribution >= 0.6 is 12.8 Å². The Bertz CT molecular complexity index is 602. The van der Waals surface area contributed by atoms with Crippen LogP contribution in [-0.4, -0.2) is 24.0 Å². The van der Waals surface area contributed by atoms with E-state index in [1.165, 1.54) is 51.4 Å². The van der Waals surface area contributed by atoms with Crippen LogP contribution in [0.15, 0.2) is 16.0 Å². The van der Waals surface area contributed by atoms with Crippen molar-refractivity contribution in [2.75, 3.05) is 6.61 Å². The number of thiol groups is 1. The summed E-state index contributed by atoms with van der Waals surface area (Å²) in [6.45, 7) is 19.9. The van der Waals surface area contributed by atoms with Gasteiger partial charge in [0.05, 0.1) is 6.61 Å². The van der Waals surface area contributed by atoms with E-state index < -0.39 is 0 Å². The molecule has 0 aliphatic rings. The number of nitrogens with one attached hydrogen (secondary N) is 1. The minimum Gasteiger partial charge on any atom is -0.477 e. The second kappa shape index (κ2) is 32.1. The standard InChI is InChI=1S/C16H32O.C15H28N2OS.C2H6/c1-5-7-8-9-10-11-12-16(17)13-15(4)14(3)6-2;1-4-7-9-10-12-18-15(16)14(17-19)13(6-3)11-8-5-2;1-2/h14-15H,5-13H2,1-4H3;11,16,19H,4-10,12H2,1-3H3;1-2H3/b;13-11+,16-15?,17-14-;. The summed E-state index contributed by atoms with van der Waals surface area (Å²) in [7, 11) is 0. The molecule has 226 valence electrons. The lowest BCUT2D eigenvalue weighted by atomic mass is 9.88. The van der Waals surface area contributed by atoms with Crippen LogP contribution in [0, 0.1) is 17.2 Å². The molecule has 0 aromatic heterocycles. The molecule has 0 spiro atoms. The van der Waals surface area contributed by atoms with Gasteiger partial charge in [0.1, 0.15) is 11.5 Å². The third-order valence-corrected chi connectivity index (χ3v) is 7.10. The summed E-state index contributed by atoms with van der Waals surface area (Å²) in [5.41, 5.74) is 1.63. The number of carbonyl (C=O) groups excluding carboxylic acids is 1. The fourth-order valence-electron chi connectivity index (χ4n) is 3.92. The molecule has 0 saturated carbocycles. The monoisotopic (exact) mass is 554 g/mol. The van der Waals surface area contributed by atoms with Crippen LogP contribution in [0.1, 0.15) is 165 Å². The molecular formula is C33H66N2O2S. The van der Waals surface area contributed by atoms with Crippen LogP contribution in [-0.2, 0) is 9.53 Å². The number of allylic oxidation sites excluding steroid dienone is 1. The Morgan fingerprint density at radius 1 is 0.842 bits per heavy atom. The first-order chi connectivity index (χ1) is 18.3. The molecule has 5 heteroatoms. The number of hydrogen-bond donors (Lipinski definition) is 2. The molecule has 2 atom stereocenters. The van der Waals surface area contributed by atoms with Crippen molar-refractivity contribution < 1.29 is 9.53 Å². The van der Waals surface area contributed by atoms with E-state index in [9.17, 15) is 4.79 Å². The van der Waals surface area contributed by atoms with E-state index >= 15 is 0 Å². The van der Waals surface area contributed by atoms with Gasteiger partial charge in [-0.2, -0.15) is 0 Å². The lowest BCUT2D eigenvalue weighted by Crippen LogP contribution is -2.19. The fraction of sp³-hybridized carbons (Fsp3) is 0.848. The van der Waals surface area contributed by atoms with E-state index in [0.717, 1.165) is 56.9 Å². The van der Waals surface area contributed by atoms with Crippen LogP contribution < -0.4 is 0 Å². The number of nitrogens with zero attached hydrogens (tertiary/aromatic N) is 1. The zero-order valence-electron chi connectivity index (χ0n) is 27.0. The fourth-order valence-corrected chi connectivity index (χ4v) is 4.14. The first-order valence-electron chi connectivity index (χ1n) is 16.0. The molecule has 0 aromatic rings. The maximum atomic E-state index is 11.8. The molecular weight excluding hydrogens is 488 g/mol. The second-order valence-electron chi connectivity index (χ2n) is 10.2. The summed E-state index contributed by atoms with van der Waals surface area (Å²) >= 11 is 3.98. The molecule has 0 aromatic carbocycles. The number of hydrogen-bond acceptors (Lipinski definition) is 5. The van der Waals surface area contributed by atoms with Gasteiger partial charge >= 0.3 is 0 Å². The van der Waals surface area contributed by atoms with Crippen LogP contribution in [0.3, 0.4) is 0 Å². The molecule has 0 rings (SSSR count). The minimum atomic E-state index is 0.149. The lowest BCUT2D eigenvalue weighted by Gasteiger charge is -2.17. The molecule has 0 bridgehead atoms. The average molecular weight is 555 g/mol. The summed E-state index contributed by atoms with van der Waals surface area (Å²) in [6, 6.07) is 0. The van der Waals surface area contributed by atoms with Gasteiger partial charge in [-0.15, -0.1) is 0 Å². The van der Waals surface area contributed by atoms with E-state index in [2.05, 4.69) is 71.8 Å². The van der Waals surface area contributed by atoms with Crippen molar-refractivity contribution in [3.63, 3.8) is 0 Å². The van der Waals surface area contributed by atoms with Gasteiger partial charge in [-0.1, -0.05) is 133 Å². The van der Waals surface area contributed by atoms with Gasteiger partial charge in [-0.05, 0) is 55.9 Å². The predicted molar refractivity (Wildman–Crippen MR) is 175 cm³/mol. The first kappa shape index (κ1) is 41.4. The van der Waals surface area contributed by atoms with Gasteiger partial charge in [0.25, 0.3) is 0 Å². The van der Waals surface area contributed by atoms with Crippen LogP contribution in [0.4, 0.5) is 0 Å². The van der Waals surface area contributed by atoms with Crippen molar-refractivity contribution in [1.29, 1.82) is 5.41 Å². The highest BCUT2D eigenvalue weighted by atomic mass is 32.1. The van der Waals surface area contributed by atoms with Gasteiger partial charge in [-0.25, -0.2) is 4.40 Å². The van der Waals surface area contributed by atoms with Crippen LogP contribution in [0.5, 0.6) is 0 Å². The van der Waals surface area contributed by atoms with Crippen molar-refractivity contribution in [1.82, 2.24) is 0 Å². The Kier molecular flexibility index (Phi) is 35.0. The van der Waals surface area contributed by atoms with Gasteiger partial charge in [0, 0.05) is 12.8 Å². The summed E-state index contributed by atoms with van der Waals surface area (Å²) in [6.07, 6.45) is 20.1. The molecule has 0 radical (unpaired) electrons. The van der Waals surface area contributed by atoms with Crippen LogP contribution in [0.25, 0.3) is 0 Å². The maximum Gasteiger partial charge on any atom is 0.233 e. The third kappa shape index (κ3) is 25.2.